The molecule has 1 heterocycles. The Morgan fingerprint density at radius 3 is 2.81 bits per heavy atom. The maximum Gasteiger partial charge on any atom is 0.186 e. The zero-order valence-electron chi connectivity index (χ0n) is 9.74. The van der Waals surface area contributed by atoms with Crippen LogP contribution in [0.4, 0.5) is 0 Å². The molecule has 0 amide bonds. The van der Waals surface area contributed by atoms with Crippen molar-refractivity contribution in [2.75, 3.05) is 6.54 Å². The van der Waals surface area contributed by atoms with Crippen molar-refractivity contribution in [3.63, 3.8) is 0 Å². The van der Waals surface area contributed by atoms with Crippen LogP contribution in [0.25, 0.3) is 0 Å². The number of hydrogen-bond donors (Lipinski definition) is 1. The van der Waals surface area contributed by atoms with Gasteiger partial charge in [-0.1, -0.05) is 13.3 Å². The van der Waals surface area contributed by atoms with E-state index in [1.165, 1.54) is 0 Å². The molecule has 2 N–H and O–H groups in total. The second-order valence-electron chi connectivity index (χ2n) is 3.74. The zero-order chi connectivity index (χ0) is 12.1. The molecule has 0 radical (unpaired) electrons. The van der Waals surface area contributed by atoms with Crippen molar-refractivity contribution in [1.29, 1.82) is 0 Å². The Morgan fingerprint density at radius 2 is 2.31 bits per heavy atom. The quantitative estimate of drug-likeness (QED) is 0.816. The lowest BCUT2D eigenvalue weighted by Gasteiger charge is -2.13. The summed E-state index contributed by atoms with van der Waals surface area (Å²) in [5.41, 5.74) is 6.29. The number of carbonyl (C=O) groups is 1. The van der Waals surface area contributed by atoms with Gasteiger partial charge in [0.25, 0.3) is 0 Å². The Morgan fingerprint density at radius 1 is 1.62 bits per heavy atom. The first-order valence-electron chi connectivity index (χ1n) is 5.61. The highest BCUT2D eigenvalue weighted by Crippen LogP contribution is 2.21. The summed E-state index contributed by atoms with van der Waals surface area (Å²) in [5, 5.41) is 4.14. The number of nitrogens with zero attached hydrogens (tertiary/aromatic N) is 2. The lowest BCUT2D eigenvalue weighted by Crippen LogP contribution is -2.26. The molecule has 0 saturated carbocycles. The highest BCUT2D eigenvalue weighted by atomic mass is 79.9. The van der Waals surface area contributed by atoms with Gasteiger partial charge in [0.15, 0.2) is 5.78 Å². The van der Waals surface area contributed by atoms with E-state index in [2.05, 4.69) is 28.0 Å². The number of aryl methyl sites for hydroxylation is 1. The van der Waals surface area contributed by atoms with Crippen molar-refractivity contribution >= 4 is 21.7 Å². The van der Waals surface area contributed by atoms with Crippen LogP contribution in [0, 0.1) is 5.92 Å². The molecule has 1 unspecified atom stereocenters. The standard InChI is InChI=1S/C11H18BrN3O/c1-3-5-8(6-13)11(16)10-9(12)7-14-15(10)4-2/h7-8H,3-6,13H2,1-2H3. The average molecular weight is 288 g/mol. The Kier molecular flexibility index (Phi) is 5.15. The molecule has 0 aliphatic heterocycles. The molecule has 4 nitrogen and oxygen atoms in total. The minimum atomic E-state index is -0.0942. The third-order valence-corrected chi connectivity index (χ3v) is 3.20. The van der Waals surface area contributed by atoms with Crippen LogP contribution >= 0.6 is 15.9 Å². The third-order valence-electron chi connectivity index (χ3n) is 2.62. The van der Waals surface area contributed by atoms with Gasteiger partial charge in [-0.3, -0.25) is 9.48 Å². The van der Waals surface area contributed by atoms with Crippen molar-refractivity contribution in [2.45, 2.75) is 33.2 Å². The fourth-order valence-electron chi connectivity index (χ4n) is 1.74. The van der Waals surface area contributed by atoms with Crippen molar-refractivity contribution in [3.8, 4) is 0 Å². The van der Waals surface area contributed by atoms with Gasteiger partial charge in [-0.05, 0) is 29.3 Å². The Balaban J connectivity index is 2.97. The van der Waals surface area contributed by atoms with Gasteiger partial charge in [-0.2, -0.15) is 5.10 Å². The maximum atomic E-state index is 12.3. The molecule has 0 aliphatic rings. The molecule has 0 aliphatic carbocycles. The van der Waals surface area contributed by atoms with Crippen molar-refractivity contribution < 1.29 is 4.79 Å². The number of ketones is 1. The van der Waals surface area contributed by atoms with Crippen molar-refractivity contribution in [2.24, 2.45) is 11.7 Å². The molecule has 0 spiro atoms. The fourth-order valence-corrected chi connectivity index (χ4v) is 2.24. The summed E-state index contributed by atoms with van der Waals surface area (Å²) < 4.78 is 2.47. The lowest BCUT2D eigenvalue weighted by atomic mass is 9.96. The number of aromatic nitrogens is 2. The first-order chi connectivity index (χ1) is 7.65. The second-order valence-corrected chi connectivity index (χ2v) is 4.60. The Bertz CT molecular complexity index is 362. The topological polar surface area (TPSA) is 60.9 Å². The summed E-state index contributed by atoms with van der Waals surface area (Å²) >= 11 is 3.36. The van der Waals surface area contributed by atoms with Crippen LogP contribution < -0.4 is 5.73 Å². The molecule has 0 bridgehead atoms. The van der Waals surface area contributed by atoms with E-state index in [0.29, 0.717) is 18.8 Å². The summed E-state index contributed by atoms with van der Waals surface area (Å²) in [6.07, 6.45) is 3.46. The normalized spacial score (nSPS) is 12.8. The SMILES string of the molecule is CCCC(CN)C(=O)c1c(Br)cnn1CC. The number of carbonyl (C=O) groups excluding carboxylic acids is 1. The van der Waals surface area contributed by atoms with Gasteiger partial charge in [0.1, 0.15) is 5.69 Å². The summed E-state index contributed by atoms with van der Waals surface area (Å²) in [4.78, 5) is 12.3. The van der Waals surface area contributed by atoms with Crippen LogP contribution in [-0.2, 0) is 6.54 Å². The predicted molar refractivity (Wildman–Crippen MR) is 67.4 cm³/mol. The molecule has 5 heteroatoms. The van der Waals surface area contributed by atoms with Gasteiger partial charge in [0.05, 0.1) is 10.7 Å². The molecule has 90 valence electrons. The molecule has 1 aromatic heterocycles. The van der Waals surface area contributed by atoms with Crippen LogP contribution in [0.5, 0.6) is 0 Å². The highest BCUT2D eigenvalue weighted by molar-refractivity contribution is 9.10. The smallest absolute Gasteiger partial charge is 0.186 e. The largest absolute Gasteiger partial charge is 0.330 e. The van der Waals surface area contributed by atoms with E-state index < -0.39 is 0 Å². The first kappa shape index (κ1) is 13.4. The molecule has 16 heavy (non-hydrogen) atoms. The number of nitrogens with two attached hydrogens (primary N) is 1. The van der Waals surface area contributed by atoms with Gasteiger partial charge >= 0.3 is 0 Å². The van der Waals surface area contributed by atoms with E-state index >= 15 is 0 Å². The molecular formula is C11H18BrN3O. The van der Waals surface area contributed by atoms with E-state index in [1.807, 2.05) is 6.92 Å². The number of rotatable bonds is 6. The zero-order valence-corrected chi connectivity index (χ0v) is 11.3. The van der Waals surface area contributed by atoms with Crippen molar-refractivity contribution in [1.82, 2.24) is 9.78 Å². The number of halogens is 1. The van der Waals surface area contributed by atoms with Gasteiger partial charge in [-0.25, -0.2) is 0 Å². The lowest BCUT2D eigenvalue weighted by molar-refractivity contribution is 0.0905. The van der Waals surface area contributed by atoms with Crippen LogP contribution in [-0.4, -0.2) is 22.1 Å². The second kappa shape index (κ2) is 6.15. The fraction of sp³-hybridized carbons (Fsp3) is 0.636. The molecular weight excluding hydrogens is 270 g/mol. The van der Waals surface area contributed by atoms with Gasteiger partial charge < -0.3 is 5.73 Å². The summed E-state index contributed by atoms with van der Waals surface area (Å²) in [6, 6.07) is 0. The van der Waals surface area contributed by atoms with E-state index in [-0.39, 0.29) is 11.7 Å². The average Bonchev–Trinajstić information content (AvgIpc) is 2.66. The monoisotopic (exact) mass is 287 g/mol. The van der Waals surface area contributed by atoms with Crippen LogP contribution in [0.3, 0.4) is 0 Å². The molecule has 0 aromatic carbocycles. The van der Waals surface area contributed by atoms with Crippen LogP contribution in [0.1, 0.15) is 37.2 Å². The highest BCUT2D eigenvalue weighted by Gasteiger charge is 2.23. The summed E-state index contributed by atoms with van der Waals surface area (Å²) in [7, 11) is 0. The summed E-state index contributed by atoms with van der Waals surface area (Å²) in [5.74, 6) is -0.00104. The van der Waals surface area contributed by atoms with E-state index in [4.69, 9.17) is 5.73 Å². The van der Waals surface area contributed by atoms with E-state index in [9.17, 15) is 4.79 Å². The van der Waals surface area contributed by atoms with Crippen LogP contribution in [0.2, 0.25) is 0 Å². The van der Waals surface area contributed by atoms with Crippen LogP contribution in [0.15, 0.2) is 10.7 Å². The Hall–Kier alpha value is -0.680. The number of hydrogen-bond acceptors (Lipinski definition) is 3. The molecule has 0 fully saturated rings. The molecule has 1 rings (SSSR count). The summed E-state index contributed by atoms with van der Waals surface area (Å²) in [6.45, 7) is 5.11. The third kappa shape index (κ3) is 2.71. The minimum absolute atomic E-state index is 0.0931. The minimum Gasteiger partial charge on any atom is -0.330 e. The predicted octanol–water partition coefficient (Wildman–Crippen LogP) is 2.22. The maximum absolute atomic E-state index is 12.3. The van der Waals surface area contributed by atoms with Crippen molar-refractivity contribution in [3.05, 3.63) is 16.4 Å². The first-order valence-corrected chi connectivity index (χ1v) is 6.40. The van der Waals surface area contributed by atoms with E-state index in [0.717, 1.165) is 17.3 Å². The van der Waals surface area contributed by atoms with Gasteiger partial charge in [0.2, 0.25) is 0 Å². The molecule has 1 atom stereocenters. The van der Waals surface area contributed by atoms with Gasteiger partial charge in [-0.15, -0.1) is 0 Å². The Labute approximate surface area is 104 Å². The van der Waals surface area contributed by atoms with E-state index in [1.54, 1.807) is 10.9 Å². The molecule has 0 saturated heterocycles. The molecule has 1 aromatic rings. The van der Waals surface area contributed by atoms with Gasteiger partial charge in [0, 0.05) is 19.0 Å². The number of Topliss-reactive ketones (excluding diaryl/α,β-unsaturated/α-hetero) is 1.